The van der Waals surface area contributed by atoms with Crippen molar-refractivity contribution in [2.75, 3.05) is 27.4 Å². The molecule has 114 valence electrons. The zero-order chi connectivity index (χ0) is 15.4. The van der Waals surface area contributed by atoms with Gasteiger partial charge in [-0.1, -0.05) is 17.7 Å². The van der Waals surface area contributed by atoms with E-state index in [-0.39, 0.29) is 5.96 Å². The van der Waals surface area contributed by atoms with E-state index in [4.69, 9.17) is 11.6 Å². The summed E-state index contributed by atoms with van der Waals surface area (Å²) in [5, 5.41) is 15.4. The molecule has 10 heteroatoms. The van der Waals surface area contributed by atoms with Gasteiger partial charge in [-0.05, 0) is 18.7 Å². The molecule has 0 spiro atoms. The number of hydrazone groups is 1. The van der Waals surface area contributed by atoms with Crippen LogP contribution in [0.15, 0.2) is 23.4 Å². The Morgan fingerprint density at radius 1 is 1.48 bits per heavy atom. The molecule has 1 saturated heterocycles. The van der Waals surface area contributed by atoms with Gasteiger partial charge < -0.3 is 4.90 Å². The van der Waals surface area contributed by atoms with Crippen molar-refractivity contribution >= 4 is 17.6 Å². The van der Waals surface area contributed by atoms with Crippen LogP contribution < -0.4 is 5.43 Å². The van der Waals surface area contributed by atoms with E-state index in [0.717, 1.165) is 5.56 Å². The predicted octanol–water partition coefficient (Wildman–Crippen LogP) is 0.382. The highest BCUT2D eigenvalue weighted by Crippen LogP contribution is 2.08. The maximum Gasteiger partial charge on any atom is 0.290 e. The van der Waals surface area contributed by atoms with Gasteiger partial charge in [0.1, 0.15) is 10.3 Å². The van der Waals surface area contributed by atoms with Crippen LogP contribution in [0.1, 0.15) is 5.56 Å². The maximum atomic E-state index is 10.7. The van der Waals surface area contributed by atoms with Crippen molar-refractivity contribution in [3.63, 3.8) is 0 Å². The Morgan fingerprint density at radius 2 is 2.24 bits per heavy atom. The first kappa shape index (κ1) is 15.4. The van der Waals surface area contributed by atoms with E-state index >= 15 is 0 Å². The van der Waals surface area contributed by atoms with Gasteiger partial charge in [-0.25, -0.2) is 20.5 Å². The fraction of sp³-hybridized carbons (Fsp3) is 0.455. The number of hydrogen-bond donors (Lipinski definition) is 1. The van der Waals surface area contributed by atoms with E-state index in [0.29, 0.717) is 25.0 Å². The van der Waals surface area contributed by atoms with Crippen LogP contribution in [0.25, 0.3) is 0 Å². The molecule has 1 N–H and O–H groups in total. The number of halogens is 1. The van der Waals surface area contributed by atoms with Crippen molar-refractivity contribution in [1.82, 2.24) is 25.2 Å². The Kier molecular flexibility index (Phi) is 4.89. The van der Waals surface area contributed by atoms with Gasteiger partial charge in [0.05, 0.1) is 13.3 Å². The van der Waals surface area contributed by atoms with Gasteiger partial charge in [-0.3, -0.25) is 9.91 Å². The molecule has 9 nitrogen and oxygen atoms in total. The lowest BCUT2D eigenvalue weighted by atomic mass is 10.3. The Balaban J connectivity index is 2.07. The van der Waals surface area contributed by atoms with E-state index in [2.05, 4.69) is 15.5 Å². The number of hydrogen-bond acceptors (Lipinski definition) is 5. The predicted molar refractivity (Wildman–Crippen MR) is 77.6 cm³/mol. The molecule has 0 amide bonds. The summed E-state index contributed by atoms with van der Waals surface area (Å²) in [7, 11) is 3.66. The molecule has 1 aliphatic heterocycles. The minimum absolute atomic E-state index is 0.264. The molecule has 1 aromatic heterocycles. The van der Waals surface area contributed by atoms with Crippen LogP contribution in [0.3, 0.4) is 0 Å². The minimum atomic E-state index is -0.699. The van der Waals surface area contributed by atoms with Crippen LogP contribution >= 0.6 is 11.6 Å². The Morgan fingerprint density at radius 3 is 2.86 bits per heavy atom. The number of nitro groups is 1. The maximum absolute atomic E-state index is 10.7. The van der Waals surface area contributed by atoms with Crippen LogP contribution in [0, 0.1) is 10.1 Å². The van der Waals surface area contributed by atoms with Gasteiger partial charge in [0.15, 0.2) is 5.03 Å². The van der Waals surface area contributed by atoms with Gasteiger partial charge >= 0.3 is 0 Å². The Bertz CT molecular complexity index is 536. The molecule has 0 aliphatic carbocycles. The highest BCUT2D eigenvalue weighted by atomic mass is 35.5. The number of guanidine groups is 1. The van der Waals surface area contributed by atoms with Crippen LogP contribution in [0.5, 0.6) is 0 Å². The summed E-state index contributed by atoms with van der Waals surface area (Å²) in [6.45, 7) is 1.51. The van der Waals surface area contributed by atoms with Crippen molar-refractivity contribution in [2.45, 2.75) is 6.54 Å². The largest absolute Gasteiger partial charge is 0.326 e. The molecule has 0 atom stereocenters. The first-order chi connectivity index (χ1) is 9.95. The third-order valence-corrected chi connectivity index (χ3v) is 3.08. The zero-order valence-electron chi connectivity index (χ0n) is 11.7. The number of hydrazine groups is 1. The molecule has 2 rings (SSSR count). The number of aromatic nitrogens is 1. The summed E-state index contributed by atoms with van der Waals surface area (Å²) < 4.78 is 0. The summed E-state index contributed by atoms with van der Waals surface area (Å²) in [5.41, 5.74) is 4.02. The highest BCUT2D eigenvalue weighted by Gasteiger charge is 2.27. The van der Waals surface area contributed by atoms with E-state index < -0.39 is 5.03 Å². The third kappa shape index (κ3) is 4.25. The molecular weight excluding hydrogens is 298 g/mol. The van der Waals surface area contributed by atoms with Crippen molar-refractivity contribution < 1.29 is 5.03 Å². The lowest BCUT2D eigenvalue weighted by Crippen LogP contribution is -2.60. The average Bonchev–Trinajstić information content (AvgIpc) is 2.41. The van der Waals surface area contributed by atoms with Crippen molar-refractivity contribution in [2.24, 2.45) is 5.10 Å². The fourth-order valence-electron chi connectivity index (χ4n) is 2.00. The average molecular weight is 314 g/mol. The lowest BCUT2D eigenvalue weighted by Gasteiger charge is -2.40. The summed E-state index contributed by atoms with van der Waals surface area (Å²) in [6, 6.07) is 3.53. The van der Waals surface area contributed by atoms with Crippen LogP contribution in [0.2, 0.25) is 5.15 Å². The molecule has 21 heavy (non-hydrogen) atoms. The smallest absolute Gasteiger partial charge is 0.290 e. The summed E-state index contributed by atoms with van der Waals surface area (Å²) in [6.07, 6.45) is 1.65. The SMILES string of the molecule is CN1CN(C)C(=N[N+](=O)[O-])N(NCc2ccc(Cl)nc2)C1. The van der Waals surface area contributed by atoms with E-state index in [1.807, 2.05) is 18.0 Å². The molecule has 0 aromatic carbocycles. The van der Waals surface area contributed by atoms with Gasteiger partial charge in [-0.15, -0.1) is 0 Å². The first-order valence-electron chi connectivity index (χ1n) is 6.20. The molecule has 0 saturated carbocycles. The van der Waals surface area contributed by atoms with Crippen molar-refractivity contribution in [1.29, 1.82) is 0 Å². The summed E-state index contributed by atoms with van der Waals surface area (Å²) >= 11 is 5.73. The number of pyridine rings is 1. The van der Waals surface area contributed by atoms with Crippen LogP contribution in [0.4, 0.5) is 0 Å². The standard InChI is InChI=1S/C11H16ClN7O2/c1-16-7-17(2)11(15-19(20)21)18(8-16)14-6-9-3-4-10(12)13-5-9/h3-5,14H,6-8H2,1-2H3. The summed E-state index contributed by atoms with van der Waals surface area (Å²) in [4.78, 5) is 18.3. The first-order valence-corrected chi connectivity index (χ1v) is 6.57. The van der Waals surface area contributed by atoms with E-state index in [1.54, 1.807) is 29.2 Å². The van der Waals surface area contributed by atoms with E-state index in [9.17, 15) is 10.1 Å². The topological polar surface area (TPSA) is 90.1 Å². The van der Waals surface area contributed by atoms with Gasteiger partial charge in [0.25, 0.3) is 5.96 Å². The molecule has 0 unspecified atom stereocenters. The van der Waals surface area contributed by atoms with Gasteiger partial charge in [-0.2, -0.15) is 0 Å². The second-order valence-corrected chi connectivity index (χ2v) is 5.11. The number of nitrogens with one attached hydrogen (secondary N) is 1. The van der Waals surface area contributed by atoms with Gasteiger partial charge in [0.2, 0.25) is 0 Å². The Hall–Kier alpha value is -1.97. The van der Waals surface area contributed by atoms with Gasteiger partial charge in [0, 0.05) is 19.8 Å². The molecule has 2 heterocycles. The molecule has 1 aliphatic rings. The summed E-state index contributed by atoms with van der Waals surface area (Å²) in [5.74, 6) is 0.264. The lowest BCUT2D eigenvalue weighted by molar-refractivity contribution is -0.486. The number of rotatable bonds is 4. The molecule has 0 bridgehead atoms. The van der Waals surface area contributed by atoms with Crippen LogP contribution in [-0.2, 0) is 6.54 Å². The third-order valence-electron chi connectivity index (χ3n) is 2.85. The molecule has 1 fully saturated rings. The van der Waals surface area contributed by atoms with Crippen molar-refractivity contribution in [3.05, 3.63) is 39.2 Å². The quantitative estimate of drug-likeness (QED) is 0.488. The second kappa shape index (κ2) is 6.66. The molecule has 1 aromatic rings. The monoisotopic (exact) mass is 313 g/mol. The Labute approximate surface area is 126 Å². The zero-order valence-corrected chi connectivity index (χ0v) is 12.5. The van der Waals surface area contributed by atoms with E-state index in [1.165, 1.54) is 0 Å². The fourth-order valence-corrected chi connectivity index (χ4v) is 2.11. The minimum Gasteiger partial charge on any atom is -0.326 e. The molecule has 0 radical (unpaired) electrons. The number of nitrogens with zero attached hydrogens (tertiary/aromatic N) is 6. The van der Waals surface area contributed by atoms with Crippen LogP contribution in [-0.4, -0.2) is 58.2 Å². The molecular formula is C11H16ClN7O2. The second-order valence-electron chi connectivity index (χ2n) is 4.73. The van der Waals surface area contributed by atoms with Crippen molar-refractivity contribution in [3.8, 4) is 0 Å². The normalized spacial score (nSPS) is 18.3. The highest BCUT2D eigenvalue weighted by molar-refractivity contribution is 6.29.